The molecule has 2 aliphatic carbocycles. The zero-order valence-corrected chi connectivity index (χ0v) is 14.7. The van der Waals surface area contributed by atoms with Gasteiger partial charge in [-0.25, -0.2) is 43.1 Å². The van der Waals surface area contributed by atoms with E-state index < -0.39 is 29.3 Å². The van der Waals surface area contributed by atoms with Crippen LogP contribution in [0.5, 0.6) is 0 Å². The zero-order valence-electron chi connectivity index (χ0n) is 14.7. The fourth-order valence-corrected chi connectivity index (χ4v) is 4.10. The molecule has 1 aromatic rings. The maximum Gasteiger partial charge on any atom is 0.427 e. The van der Waals surface area contributed by atoms with Gasteiger partial charge in [-0.2, -0.15) is 0 Å². The molecule has 2 aliphatic rings. The van der Waals surface area contributed by atoms with Gasteiger partial charge in [0.1, 0.15) is 0 Å². The number of hydrogen-bond donors (Lipinski definition) is 0. The van der Waals surface area contributed by atoms with E-state index in [0.717, 1.165) is 9.13 Å². The van der Waals surface area contributed by atoms with Crippen molar-refractivity contribution >= 4 is 12.2 Å². The van der Waals surface area contributed by atoms with E-state index in [0.29, 0.717) is 51.4 Å². The van der Waals surface area contributed by atoms with Crippen LogP contribution in [0.1, 0.15) is 63.5 Å². The molecule has 0 amide bonds. The van der Waals surface area contributed by atoms with Crippen LogP contribution < -0.4 is 17.2 Å². The van der Waals surface area contributed by atoms with E-state index >= 15 is 0 Å². The maximum atomic E-state index is 12.9. The summed E-state index contributed by atoms with van der Waals surface area (Å²) in [5.74, 6) is -1.91. The average Bonchev–Trinajstić information content (AvgIpc) is 2.64. The van der Waals surface area contributed by atoms with Crippen molar-refractivity contribution in [3.63, 3.8) is 0 Å². The molecular formula is C17H20N4O6. The molecule has 27 heavy (non-hydrogen) atoms. The van der Waals surface area contributed by atoms with Crippen LogP contribution in [0.4, 0.5) is 0 Å². The topological polar surface area (TPSA) is 133 Å². The molecule has 0 aromatic carbocycles. The Hall–Kier alpha value is -2.83. The Bertz CT molecular complexity index is 874. The fraction of sp³-hybridized carbons (Fsp3) is 0.706. The Morgan fingerprint density at radius 2 is 1.07 bits per heavy atom. The number of hydrogen-bond acceptors (Lipinski definition) is 8. The van der Waals surface area contributed by atoms with E-state index in [4.69, 9.17) is 4.42 Å². The second-order valence-electron chi connectivity index (χ2n) is 7.02. The maximum absolute atomic E-state index is 12.9. The van der Waals surface area contributed by atoms with Gasteiger partial charge < -0.3 is 4.42 Å². The number of isocyanates is 2. The Kier molecular flexibility index (Phi) is 5.78. The van der Waals surface area contributed by atoms with Gasteiger partial charge in [0.2, 0.25) is 12.2 Å². The molecule has 10 heteroatoms. The van der Waals surface area contributed by atoms with E-state index in [2.05, 4.69) is 9.98 Å². The molecule has 2 saturated carbocycles. The van der Waals surface area contributed by atoms with Crippen LogP contribution in [0.3, 0.4) is 0 Å². The lowest BCUT2D eigenvalue weighted by atomic mass is 9.91. The second-order valence-corrected chi connectivity index (χ2v) is 7.02. The molecule has 1 aromatic heterocycles. The Balaban J connectivity index is 1.87. The molecule has 10 nitrogen and oxygen atoms in total. The Labute approximate surface area is 153 Å². The van der Waals surface area contributed by atoms with Crippen molar-refractivity contribution in [1.29, 1.82) is 0 Å². The lowest BCUT2D eigenvalue weighted by molar-refractivity contribution is 0.216. The highest BCUT2D eigenvalue weighted by Gasteiger charge is 2.30. The lowest BCUT2D eigenvalue weighted by Crippen LogP contribution is -2.50. The van der Waals surface area contributed by atoms with Crippen molar-refractivity contribution < 1.29 is 14.0 Å². The third-order valence-corrected chi connectivity index (χ3v) is 5.51. The largest absolute Gasteiger partial charge is 0.427 e. The van der Waals surface area contributed by atoms with Crippen LogP contribution >= 0.6 is 0 Å². The summed E-state index contributed by atoms with van der Waals surface area (Å²) in [5, 5.41) is 0. The Morgan fingerprint density at radius 3 is 1.41 bits per heavy atom. The summed E-state index contributed by atoms with van der Waals surface area (Å²) in [6, 6.07) is -1.09. The molecule has 0 spiro atoms. The van der Waals surface area contributed by atoms with Gasteiger partial charge in [0.25, 0.3) is 0 Å². The highest BCUT2D eigenvalue weighted by Crippen LogP contribution is 2.30. The number of aliphatic imine (C=N–C) groups is 2. The molecular weight excluding hydrogens is 356 g/mol. The van der Waals surface area contributed by atoms with Crippen molar-refractivity contribution in [2.45, 2.75) is 75.5 Å². The van der Waals surface area contributed by atoms with Crippen molar-refractivity contribution in [2.24, 2.45) is 9.98 Å². The molecule has 0 bridgehead atoms. The zero-order chi connectivity index (χ0) is 19.4. The number of nitrogens with zero attached hydrogens (tertiary/aromatic N) is 4. The molecule has 3 rings (SSSR count). The van der Waals surface area contributed by atoms with Gasteiger partial charge in [-0.05, 0) is 51.4 Å². The summed E-state index contributed by atoms with van der Waals surface area (Å²) in [7, 11) is 0. The van der Waals surface area contributed by atoms with Crippen LogP contribution in [0.15, 0.2) is 28.8 Å². The van der Waals surface area contributed by atoms with E-state index in [1.54, 1.807) is 0 Å². The summed E-state index contributed by atoms with van der Waals surface area (Å²) in [6.45, 7) is 0. The van der Waals surface area contributed by atoms with E-state index in [1.165, 1.54) is 12.2 Å². The van der Waals surface area contributed by atoms with Crippen LogP contribution in [-0.2, 0) is 9.59 Å². The third kappa shape index (κ3) is 3.97. The molecule has 0 aliphatic heterocycles. The van der Waals surface area contributed by atoms with Gasteiger partial charge in [0.05, 0.1) is 12.1 Å². The van der Waals surface area contributed by atoms with Crippen molar-refractivity contribution in [3.05, 3.63) is 31.6 Å². The van der Waals surface area contributed by atoms with Crippen LogP contribution in [0, 0.1) is 0 Å². The quantitative estimate of drug-likeness (QED) is 0.558. The Morgan fingerprint density at radius 1 is 0.704 bits per heavy atom. The van der Waals surface area contributed by atoms with Crippen LogP contribution in [0.25, 0.3) is 0 Å². The first-order valence-electron chi connectivity index (χ1n) is 9.07. The predicted octanol–water partition coefficient (Wildman–Crippen LogP) is 0.602. The van der Waals surface area contributed by atoms with Crippen LogP contribution in [-0.4, -0.2) is 33.4 Å². The number of carbonyl (C=O) groups excluding carboxylic acids is 2. The summed E-state index contributed by atoms with van der Waals surface area (Å²) in [6.07, 6.45) is 7.24. The highest BCUT2D eigenvalue weighted by atomic mass is 16.5. The first-order valence-corrected chi connectivity index (χ1v) is 9.07. The lowest BCUT2D eigenvalue weighted by Gasteiger charge is -2.28. The minimum Gasteiger partial charge on any atom is -0.358 e. The first kappa shape index (κ1) is 18.9. The molecule has 1 heterocycles. The molecule has 0 unspecified atom stereocenters. The summed E-state index contributed by atoms with van der Waals surface area (Å²) < 4.78 is 6.84. The van der Waals surface area contributed by atoms with Crippen molar-refractivity contribution in [2.75, 3.05) is 0 Å². The molecule has 2 fully saturated rings. The number of rotatable bonds is 4. The smallest absolute Gasteiger partial charge is 0.358 e. The molecule has 0 saturated heterocycles. The van der Waals surface area contributed by atoms with Gasteiger partial charge >= 0.3 is 17.2 Å². The average molecular weight is 376 g/mol. The van der Waals surface area contributed by atoms with Gasteiger partial charge in [0.15, 0.2) is 0 Å². The minimum absolute atomic E-state index is 0.152. The first-order chi connectivity index (χ1) is 13.0. The normalized spacial score (nSPS) is 28.0. The standard InChI is InChI=1S/C17H20N4O6/c22-9-18-11-1-5-13(6-2-11)20-15(24)21(17(26)27-16(20)25)14-7-3-12(4-8-14)19-10-23/h11-14H,1-8H2. The van der Waals surface area contributed by atoms with Crippen molar-refractivity contribution in [3.8, 4) is 0 Å². The van der Waals surface area contributed by atoms with Gasteiger partial charge in [-0.3, -0.25) is 0 Å². The van der Waals surface area contributed by atoms with E-state index in [-0.39, 0.29) is 12.1 Å². The van der Waals surface area contributed by atoms with Crippen molar-refractivity contribution in [1.82, 2.24) is 9.13 Å². The molecule has 0 atom stereocenters. The molecule has 0 radical (unpaired) electrons. The van der Waals surface area contributed by atoms with Gasteiger partial charge in [0, 0.05) is 12.1 Å². The van der Waals surface area contributed by atoms with Crippen LogP contribution in [0.2, 0.25) is 0 Å². The molecule has 144 valence electrons. The fourth-order valence-electron chi connectivity index (χ4n) is 4.10. The minimum atomic E-state index is -0.956. The summed E-state index contributed by atoms with van der Waals surface area (Å²) in [5.41, 5.74) is -0.666. The summed E-state index contributed by atoms with van der Waals surface area (Å²) >= 11 is 0. The predicted molar refractivity (Wildman–Crippen MR) is 92.3 cm³/mol. The summed E-state index contributed by atoms with van der Waals surface area (Å²) in [4.78, 5) is 65.4. The number of aromatic nitrogens is 2. The van der Waals surface area contributed by atoms with E-state index in [9.17, 15) is 24.0 Å². The second kappa shape index (κ2) is 8.24. The SMILES string of the molecule is O=C=NC1CCC(n2c(=O)oc(=O)n(C3CCC(N=C=O)CC3)c2=O)CC1. The monoisotopic (exact) mass is 376 g/mol. The van der Waals surface area contributed by atoms with Gasteiger partial charge in [-0.15, -0.1) is 0 Å². The molecule has 0 N–H and O–H groups in total. The van der Waals surface area contributed by atoms with E-state index in [1.807, 2.05) is 0 Å². The highest BCUT2D eigenvalue weighted by molar-refractivity contribution is 5.33. The van der Waals surface area contributed by atoms with Gasteiger partial charge in [-0.1, -0.05) is 0 Å². The third-order valence-electron chi connectivity index (χ3n) is 5.51.